The van der Waals surface area contributed by atoms with Crippen LogP contribution in [-0.2, 0) is 15.3 Å². The molecular weight excluding hydrogens is 347 g/mol. The van der Waals surface area contributed by atoms with E-state index < -0.39 is 42.5 Å². The summed E-state index contributed by atoms with van der Waals surface area (Å²) in [5.41, 5.74) is 0.697. The first kappa shape index (κ1) is 17.9. The summed E-state index contributed by atoms with van der Waals surface area (Å²) < 4.78 is 13.1. The predicted octanol–water partition coefficient (Wildman–Crippen LogP) is 1.81. The molecule has 0 saturated carbocycles. The summed E-state index contributed by atoms with van der Waals surface area (Å²) in [6.07, 6.45) is 0.876. The van der Waals surface area contributed by atoms with Crippen molar-refractivity contribution in [3.05, 3.63) is 40.7 Å². The van der Waals surface area contributed by atoms with Crippen molar-refractivity contribution in [3.63, 3.8) is 0 Å². The molecule has 0 aromatic carbocycles. The lowest BCUT2D eigenvalue weighted by Gasteiger charge is -2.46. The molecule has 2 aliphatic rings. The number of carbonyl (C=O) groups excluding carboxylic acids is 1. The molecule has 1 fully saturated rings. The van der Waals surface area contributed by atoms with Gasteiger partial charge in [0.2, 0.25) is 5.91 Å². The van der Waals surface area contributed by atoms with E-state index in [0.717, 1.165) is 5.69 Å². The number of rotatable bonds is 7. The molecule has 4 atom stereocenters. The highest BCUT2D eigenvalue weighted by atomic mass is 32.2. The van der Waals surface area contributed by atoms with Crippen LogP contribution in [0.2, 0.25) is 0 Å². The van der Waals surface area contributed by atoms with Gasteiger partial charge >= 0.3 is 5.97 Å². The van der Waals surface area contributed by atoms with Crippen molar-refractivity contribution in [3.8, 4) is 0 Å². The maximum Gasteiger partial charge on any atom is 0.353 e. The van der Waals surface area contributed by atoms with Gasteiger partial charge in [-0.25, -0.2) is 4.79 Å². The number of pyridine rings is 1. The van der Waals surface area contributed by atoms with Gasteiger partial charge in [0.15, 0.2) is 0 Å². The van der Waals surface area contributed by atoms with Crippen LogP contribution in [0.15, 0.2) is 35.0 Å². The van der Waals surface area contributed by atoms with E-state index in [0.29, 0.717) is 10.7 Å². The van der Waals surface area contributed by atoms with Gasteiger partial charge in [-0.1, -0.05) is 6.07 Å². The number of carbonyl (C=O) groups is 2. The summed E-state index contributed by atoms with van der Waals surface area (Å²) in [7, 11) is 0. The standard InChI is InChI=1S/C17H19FN2O4S/c1-9(21)12-13-11(5-6-18)15(14(17(23)24)20(13)16(12)22)25-8-10-4-2-3-7-19-10/h2-4,7,9,11-13,21H,5-6,8H2,1H3,(H,23,24)/t9-,11-,12-,13-/m1/s1. The van der Waals surface area contributed by atoms with Gasteiger partial charge in [0.05, 0.1) is 30.4 Å². The minimum absolute atomic E-state index is 0.0775. The molecule has 1 aromatic rings. The molecule has 3 rings (SSSR count). The van der Waals surface area contributed by atoms with Gasteiger partial charge in [-0.2, -0.15) is 0 Å². The Morgan fingerprint density at radius 1 is 1.48 bits per heavy atom. The number of thioether (sulfide) groups is 1. The third-order valence-electron chi connectivity index (χ3n) is 4.66. The van der Waals surface area contributed by atoms with Crippen LogP contribution in [0.25, 0.3) is 0 Å². The minimum Gasteiger partial charge on any atom is -0.477 e. The minimum atomic E-state index is -1.20. The van der Waals surface area contributed by atoms with Gasteiger partial charge < -0.3 is 15.1 Å². The second-order valence-electron chi connectivity index (χ2n) is 6.18. The van der Waals surface area contributed by atoms with Crippen LogP contribution in [-0.4, -0.2) is 50.8 Å². The van der Waals surface area contributed by atoms with Crippen LogP contribution in [0, 0.1) is 11.8 Å². The quantitative estimate of drug-likeness (QED) is 0.715. The van der Waals surface area contributed by atoms with Gasteiger partial charge in [0, 0.05) is 22.8 Å². The number of aliphatic hydroxyl groups is 1. The number of aliphatic carboxylic acids is 1. The van der Waals surface area contributed by atoms with Crippen LogP contribution in [0.5, 0.6) is 0 Å². The number of carboxylic acid groups (broad SMARTS) is 1. The van der Waals surface area contributed by atoms with E-state index in [-0.39, 0.29) is 12.1 Å². The monoisotopic (exact) mass is 366 g/mol. The molecule has 0 radical (unpaired) electrons. The molecule has 2 aliphatic heterocycles. The summed E-state index contributed by atoms with van der Waals surface area (Å²) in [4.78, 5) is 30.0. The number of carboxylic acids is 1. The van der Waals surface area contributed by atoms with Gasteiger partial charge in [0.25, 0.3) is 0 Å². The molecule has 25 heavy (non-hydrogen) atoms. The molecule has 8 heteroatoms. The number of nitrogens with zero attached hydrogens (tertiary/aromatic N) is 2. The Kier molecular flexibility index (Phi) is 5.10. The molecule has 2 N–H and O–H groups in total. The van der Waals surface area contributed by atoms with E-state index in [4.69, 9.17) is 0 Å². The van der Waals surface area contributed by atoms with Gasteiger partial charge in [-0.15, -0.1) is 11.8 Å². The Bertz CT molecular complexity index is 710. The summed E-state index contributed by atoms with van der Waals surface area (Å²) in [6, 6.07) is 4.96. The van der Waals surface area contributed by atoms with Crippen molar-refractivity contribution in [1.29, 1.82) is 0 Å². The summed E-state index contributed by atoms with van der Waals surface area (Å²) in [5, 5.41) is 19.5. The average Bonchev–Trinajstić information content (AvgIpc) is 2.84. The Balaban J connectivity index is 1.91. The summed E-state index contributed by atoms with van der Waals surface area (Å²) >= 11 is 1.28. The second kappa shape index (κ2) is 7.13. The molecule has 0 aliphatic carbocycles. The van der Waals surface area contributed by atoms with Crippen molar-refractivity contribution in [2.75, 3.05) is 6.67 Å². The first-order valence-corrected chi connectivity index (χ1v) is 9.03. The molecule has 1 amide bonds. The molecule has 0 spiro atoms. The van der Waals surface area contributed by atoms with Crippen molar-refractivity contribution in [1.82, 2.24) is 9.88 Å². The van der Waals surface area contributed by atoms with Gasteiger partial charge in [-0.3, -0.25) is 14.2 Å². The Morgan fingerprint density at radius 2 is 2.24 bits per heavy atom. The summed E-state index contributed by atoms with van der Waals surface area (Å²) in [6.45, 7) is 0.891. The largest absolute Gasteiger partial charge is 0.477 e. The molecular formula is C17H19FN2O4S. The zero-order chi connectivity index (χ0) is 18.1. The number of aromatic nitrogens is 1. The smallest absolute Gasteiger partial charge is 0.353 e. The number of hydrogen-bond donors (Lipinski definition) is 2. The second-order valence-corrected chi connectivity index (χ2v) is 7.19. The zero-order valence-corrected chi connectivity index (χ0v) is 14.4. The van der Waals surface area contributed by atoms with E-state index in [9.17, 15) is 24.2 Å². The lowest BCUT2D eigenvalue weighted by atomic mass is 9.77. The fraction of sp³-hybridized carbons (Fsp3) is 0.471. The molecule has 134 valence electrons. The fourth-order valence-corrected chi connectivity index (χ4v) is 4.87. The van der Waals surface area contributed by atoms with Gasteiger partial charge in [0.1, 0.15) is 5.70 Å². The molecule has 1 saturated heterocycles. The topological polar surface area (TPSA) is 90.7 Å². The Morgan fingerprint density at radius 3 is 2.80 bits per heavy atom. The van der Waals surface area contributed by atoms with Crippen LogP contribution in [0.4, 0.5) is 4.39 Å². The van der Waals surface area contributed by atoms with Gasteiger partial charge in [-0.05, 0) is 25.5 Å². The number of aliphatic hydroxyl groups excluding tert-OH is 1. The molecule has 1 aromatic heterocycles. The highest BCUT2D eigenvalue weighted by Crippen LogP contribution is 2.52. The maximum absolute atomic E-state index is 13.1. The van der Waals surface area contributed by atoms with E-state index in [1.807, 2.05) is 12.1 Å². The van der Waals surface area contributed by atoms with Crippen LogP contribution in [0.1, 0.15) is 19.0 Å². The van der Waals surface area contributed by atoms with Crippen molar-refractivity contribution >= 4 is 23.6 Å². The van der Waals surface area contributed by atoms with Crippen molar-refractivity contribution in [2.24, 2.45) is 11.8 Å². The molecule has 3 heterocycles. The number of halogens is 1. The van der Waals surface area contributed by atoms with Crippen molar-refractivity contribution in [2.45, 2.75) is 31.2 Å². The molecule has 6 nitrogen and oxygen atoms in total. The highest BCUT2D eigenvalue weighted by Gasteiger charge is 2.60. The third-order valence-corrected chi connectivity index (χ3v) is 5.90. The first-order chi connectivity index (χ1) is 12.0. The lowest BCUT2D eigenvalue weighted by molar-refractivity contribution is -0.163. The number of amides is 1. The zero-order valence-electron chi connectivity index (χ0n) is 13.6. The van der Waals surface area contributed by atoms with E-state index in [1.165, 1.54) is 23.6 Å². The first-order valence-electron chi connectivity index (χ1n) is 8.04. The maximum atomic E-state index is 13.1. The summed E-state index contributed by atoms with van der Waals surface area (Å²) in [5.74, 6) is -2.27. The number of fused-ring (bicyclic) bond motifs is 1. The average molecular weight is 366 g/mol. The predicted molar refractivity (Wildman–Crippen MR) is 90.1 cm³/mol. The van der Waals surface area contributed by atoms with Crippen LogP contribution < -0.4 is 0 Å². The normalized spacial score (nSPS) is 26.4. The van der Waals surface area contributed by atoms with E-state index >= 15 is 0 Å². The Hall–Kier alpha value is -1.93. The third kappa shape index (κ3) is 3.04. The number of hydrogen-bond acceptors (Lipinski definition) is 5. The van der Waals surface area contributed by atoms with E-state index in [1.54, 1.807) is 12.3 Å². The SMILES string of the molecule is C[C@@H](O)[C@H]1C(=O)N2C(C(=O)O)=C(SCc3ccccn3)[C@H](CCF)[C@H]12. The van der Waals surface area contributed by atoms with E-state index in [2.05, 4.69) is 4.98 Å². The Labute approximate surface area is 148 Å². The number of alkyl halides is 1. The number of β-lactam (4-membered cyclic amide) rings is 1. The molecule has 0 unspecified atom stereocenters. The highest BCUT2D eigenvalue weighted by molar-refractivity contribution is 8.02. The van der Waals surface area contributed by atoms with Crippen LogP contribution in [0.3, 0.4) is 0 Å². The van der Waals surface area contributed by atoms with Crippen LogP contribution >= 0.6 is 11.8 Å². The fourth-order valence-electron chi connectivity index (χ4n) is 3.60. The van der Waals surface area contributed by atoms with Crippen molar-refractivity contribution < 1.29 is 24.2 Å². The molecule has 0 bridgehead atoms. The lowest BCUT2D eigenvalue weighted by Crippen LogP contribution is -2.63.